The van der Waals surface area contributed by atoms with Crippen molar-refractivity contribution in [3.8, 4) is 0 Å². The van der Waals surface area contributed by atoms with Gasteiger partial charge in [0.1, 0.15) is 0 Å². The SMILES string of the molecule is BBBBBBBBBBBB.[CsH]. The molecular formula is H15B12Cs. The van der Waals surface area contributed by atoms with Crippen molar-refractivity contribution in [3.63, 3.8) is 0 Å². The van der Waals surface area contributed by atoms with E-state index in [9.17, 15) is 0 Å². The third-order valence-corrected chi connectivity index (χ3v) is 2.46. The van der Waals surface area contributed by atoms with Crippen LogP contribution in [-0.4, -0.2) is 155 Å². The molecule has 0 aromatic heterocycles. The minimum atomic E-state index is 0. The Bertz CT molecular complexity index is 61.5. The van der Waals surface area contributed by atoms with Crippen LogP contribution in [0.25, 0.3) is 0 Å². The van der Waals surface area contributed by atoms with Gasteiger partial charge in [0.15, 0.2) is 0 Å². The molecular weight excluding hydrogens is 263 g/mol. The van der Waals surface area contributed by atoms with E-state index in [-0.39, 0.29) is 68.9 Å². The standard InChI is InChI=1S/B12H14.Cs.H/c1-3-5-7-9-11-12-10-8-6-4-2;;/h3-12H,1-2H2;;. The van der Waals surface area contributed by atoms with E-state index in [1.807, 2.05) is 0 Å². The molecule has 0 aromatic rings. The molecule has 0 fully saturated rings. The first kappa shape index (κ1) is 18.2. The van der Waals surface area contributed by atoms with E-state index >= 15 is 0 Å². The Hall–Kier alpha value is 2.83. The second-order valence-corrected chi connectivity index (χ2v) is 3.83. The molecule has 0 heterocycles. The van der Waals surface area contributed by atoms with Gasteiger partial charge < -0.3 is 0 Å². The molecule has 0 atom stereocenters. The second kappa shape index (κ2) is 17.2. The normalized spacial score (nSPS) is 6.46. The first-order chi connectivity index (χ1) is 5.91. The van der Waals surface area contributed by atoms with E-state index in [0.717, 1.165) is 0 Å². The zero-order chi connectivity index (χ0) is 9.07. The van der Waals surface area contributed by atoms with E-state index in [1.54, 1.807) is 0 Å². The topological polar surface area (TPSA) is 0 Å². The van der Waals surface area contributed by atoms with Crippen molar-refractivity contribution in [2.75, 3.05) is 0 Å². The Morgan fingerprint density at radius 1 is 0.462 bits per heavy atom. The molecule has 13 heteroatoms. The molecule has 0 bridgehead atoms. The first-order valence-corrected chi connectivity index (χ1v) is 5.91. The van der Waals surface area contributed by atoms with Crippen LogP contribution in [-0.2, 0) is 0 Å². The van der Waals surface area contributed by atoms with Gasteiger partial charge in [0.2, 0.25) is 0 Å². The van der Waals surface area contributed by atoms with Crippen LogP contribution in [0.5, 0.6) is 0 Å². The average Bonchev–Trinajstić information content (AvgIpc) is 2.10. The maximum absolute atomic E-state index is 2.28. The fraction of sp³-hybridized carbons (Fsp3) is 0. The molecule has 13 heavy (non-hydrogen) atoms. The third kappa shape index (κ3) is 17.4. The monoisotopic (exact) mass is 280 g/mol. The number of hydrogen-bond acceptors (Lipinski definition) is 0. The van der Waals surface area contributed by atoms with Crippen LogP contribution < -0.4 is 0 Å². The van der Waals surface area contributed by atoms with Gasteiger partial charge in [-0.2, -0.15) is 0 Å². The van der Waals surface area contributed by atoms with Gasteiger partial charge in [-0.25, -0.2) is 0 Å². The number of hydrogen-bond donors (Lipinski definition) is 0. The summed E-state index contributed by atoms with van der Waals surface area (Å²) in [5.41, 5.74) is 0. The second-order valence-electron chi connectivity index (χ2n) is 3.83. The van der Waals surface area contributed by atoms with Gasteiger partial charge >= 0.3 is 68.9 Å². The summed E-state index contributed by atoms with van der Waals surface area (Å²) in [4.78, 5) is 0. The quantitative estimate of drug-likeness (QED) is 0.290. The van der Waals surface area contributed by atoms with Crippen molar-refractivity contribution < 1.29 is 0 Å². The molecule has 0 unspecified atom stereocenters. The van der Waals surface area contributed by atoms with Crippen LogP contribution in [0.1, 0.15) is 0 Å². The first-order valence-electron chi connectivity index (χ1n) is 5.91. The van der Waals surface area contributed by atoms with Crippen LogP contribution >= 0.6 is 0 Å². The zero-order valence-electron chi connectivity index (χ0n) is 9.07. The van der Waals surface area contributed by atoms with Crippen LogP contribution in [0.4, 0.5) is 0 Å². The third-order valence-electron chi connectivity index (χ3n) is 2.46. The van der Waals surface area contributed by atoms with E-state index in [0.29, 0.717) is 0 Å². The molecule has 0 saturated heterocycles. The molecule has 0 saturated carbocycles. The van der Waals surface area contributed by atoms with E-state index < -0.39 is 0 Å². The van der Waals surface area contributed by atoms with Crippen molar-refractivity contribution in [1.29, 1.82) is 0 Å². The molecule has 0 spiro atoms. The van der Waals surface area contributed by atoms with Crippen LogP contribution in [0.15, 0.2) is 0 Å². The molecule has 0 aliphatic carbocycles. The van der Waals surface area contributed by atoms with Crippen LogP contribution in [0.3, 0.4) is 0 Å². The molecule has 0 N–H and O–H groups in total. The van der Waals surface area contributed by atoms with Crippen molar-refractivity contribution in [2.45, 2.75) is 0 Å². The zero-order valence-corrected chi connectivity index (χ0v) is 9.07. The summed E-state index contributed by atoms with van der Waals surface area (Å²) >= 11 is 0. The Morgan fingerprint density at radius 3 is 0.923 bits per heavy atom. The Labute approximate surface area is 152 Å². The van der Waals surface area contributed by atoms with Gasteiger partial charge in [-0.3, -0.25) is 0 Å². The van der Waals surface area contributed by atoms with Crippen LogP contribution in [0, 0.1) is 0 Å². The molecule has 0 radical (unpaired) electrons. The molecule has 0 aliphatic heterocycles. The van der Waals surface area contributed by atoms with Crippen molar-refractivity contribution in [1.82, 2.24) is 0 Å². The van der Waals surface area contributed by atoms with Gasteiger partial charge in [0.25, 0.3) is 0 Å². The van der Waals surface area contributed by atoms with Gasteiger partial charge in [-0.05, 0) is 0 Å². The summed E-state index contributed by atoms with van der Waals surface area (Å²) in [6, 6.07) is 0. The van der Waals surface area contributed by atoms with Crippen LogP contribution in [0.2, 0.25) is 0 Å². The fourth-order valence-corrected chi connectivity index (χ4v) is 1.56. The Balaban J connectivity index is 0. The predicted octanol–water partition coefficient (Wildman–Crippen LogP) is -8.97. The fourth-order valence-electron chi connectivity index (χ4n) is 1.56. The van der Waals surface area contributed by atoms with E-state index in [2.05, 4.69) is 15.5 Å². The predicted molar refractivity (Wildman–Crippen MR) is 95.7 cm³/mol. The van der Waals surface area contributed by atoms with Crippen molar-refractivity contribution in [3.05, 3.63) is 0 Å². The van der Waals surface area contributed by atoms with E-state index in [4.69, 9.17) is 0 Å². The summed E-state index contributed by atoms with van der Waals surface area (Å²) in [7, 11) is 19.0. The van der Waals surface area contributed by atoms with Gasteiger partial charge in [-0.1, -0.05) is 0 Å². The average molecular weight is 278 g/mol. The van der Waals surface area contributed by atoms with Crippen molar-refractivity contribution >= 4 is 155 Å². The number of rotatable bonds is 9. The van der Waals surface area contributed by atoms with Gasteiger partial charge in [-0.15, -0.1) is 0 Å². The Kier molecular flexibility index (Phi) is 24.1. The van der Waals surface area contributed by atoms with E-state index in [1.165, 1.54) is 70.6 Å². The summed E-state index contributed by atoms with van der Waals surface area (Å²) in [6.45, 7) is 0. The molecule has 0 nitrogen and oxygen atoms in total. The summed E-state index contributed by atoms with van der Waals surface area (Å²) in [5, 5.41) is 0. The summed E-state index contributed by atoms with van der Waals surface area (Å²) in [6.07, 6.45) is 0. The molecule has 0 amide bonds. The Morgan fingerprint density at radius 2 is 0.692 bits per heavy atom. The summed E-state index contributed by atoms with van der Waals surface area (Å²) < 4.78 is 0. The minimum absolute atomic E-state index is 0. The van der Waals surface area contributed by atoms with Gasteiger partial charge in [0.05, 0.1) is 15.5 Å². The molecule has 52 valence electrons. The summed E-state index contributed by atoms with van der Waals surface area (Å²) in [5.74, 6) is 0. The molecule has 0 aromatic carbocycles. The maximum atomic E-state index is 2.28. The van der Waals surface area contributed by atoms with Crippen molar-refractivity contribution in [2.24, 2.45) is 0 Å². The van der Waals surface area contributed by atoms with Gasteiger partial charge in [0, 0.05) is 70.6 Å². The molecule has 0 rings (SSSR count). The molecule has 0 aliphatic rings.